The second-order valence-electron chi connectivity index (χ2n) is 6.29. The molecule has 8 nitrogen and oxygen atoms in total. The Morgan fingerprint density at radius 3 is 2.76 bits per heavy atom. The molecule has 158 valence electrons. The van der Waals surface area contributed by atoms with Gasteiger partial charge in [-0.15, -0.1) is 0 Å². The number of aromatic nitrogens is 1. The van der Waals surface area contributed by atoms with Gasteiger partial charge in [-0.1, -0.05) is 12.1 Å². The third-order valence-corrected chi connectivity index (χ3v) is 5.51. The molecular weight excluding hydrogens is 394 g/mol. The van der Waals surface area contributed by atoms with Gasteiger partial charge in [0.2, 0.25) is 10.0 Å². The fourth-order valence-electron chi connectivity index (χ4n) is 2.62. The molecule has 0 bridgehead atoms. The van der Waals surface area contributed by atoms with Crippen LogP contribution in [0.3, 0.4) is 0 Å². The summed E-state index contributed by atoms with van der Waals surface area (Å²) in [7, 11) is -3.91. The van der Waals surface area contributed by atoms with Crippen molar-refractivity contribution in [3.63, 3.8) is 0 Å². The van der Waals surface area contributed by atoms with E-state index in [1.54, 1.807) is 37.4 Å². The maximum Gasteiger partial charge on any atom is 0.307 e. The fraction of sp³-hybridized carbons (Fsp3) is 0.400. The summed E-state index contributed by atoms with van der Waals surface area (Å²) < 4.78 is 39.0. The van der Waals surface area contributed by atoms with Crippen molar-refractivity contribution in [2.24, 2.45) is 5.73 Å². The van der Waals surface area contributed by atoms with Crippen molar-refractivity contribution in [1.82, 2.24) is 9.71 Å². The monoisotopic (exact) mass is 421 g/mol. The molecule has 0 fully saturated rings. The van der Waals surface area contributed by atoms with Crippen molar-refractivity contribution in [2.75, 3.05) is 19.8 Å². The fourth-order valence-corrected chi connectivity index (χ4v) is 3.88. The number of carbonyl (C=O) groups is 1. The van der Waals surface area contributed by atoms with Gasteiger partial charge in [0.25, 0.3) is 0 Å². The van der Waals surface area contributed by atoms with E-state index in [0.717, 1.165) is 12.8 Å². The molecule has 0 spiro atoms. The lowest BCUT2D eigenvalue weighted by atomic mass is 10.1. The van der Waals surface area contributed by atoms with E-state index < -0.39 is 22.0 Å². The summed E-state index contributed by atoms with van der Waals surface area (Å²) in [5.74, 6) is -0.0470. The number of nitrogens with zero attached hydrogens (tertiary/aromatic N) is 1. The standard InChI is InChI=1S/C20H27N3O5S/c1-2-27-20(24)14-19(16-7-6-11-22-15-16)23-29(25,26)18-9-5-8-17(13-18)28-12-4-3-10-21/h5-9,11,13,15,19,23H,2-4,10,12,14,21H2,1H3. The van der Waals surface area contributed by atoms with E-state index in [9.17, 15) is 13.2 Å². The number of hydrogen-bond acceptors (Lipinski definition) is 7. The minimum atomic E-state index is -3.91. The van der Waals surface area contributed by atoms with Crippen molar-refractivity contribution in [3.05, 3.63) is 54.4 Å². The number of pyridine rings is 1. The first-order valence-corrected chi connectivity index (χ1v) is 11.0. The molecule has 0 amide bonds. The minimum Gasteiger partial charge on any atom is -0.494 e. The zero-order valence-electron chi connectivity index (χ0n) is 16.4. The van der Waals surface area contributed by atoms with Gasteiger partial charge in [0.05, 0.1) is 30.6 Å². The second kappa shape index (κ2) is 11.5. The number of ether oxygens (including phenoxy) is 2. The van der Waals surface area contributed by atoms with Crippen molar-refractivity contribution in [1.29, 1.82) is 0 Å². The number of carbonyl (C=O) groups excluding carboxylic acids is 1. The first-order chi connectivity index (χ1) is 14.0. The quantitative estimate of drug-likeness (QED) is 0.398. The molecule has 2 aromatic rings. The molecular formula is C20H27N3O5S. The van der Waals surface area contributed by atoms with Crippen LogP contribution in [0, 0.1) is 0 Å². The van der Waals surface area contributed by atoms with Gasteiger partial charge in [0.15, 0.2) is 0 Å². The molecule has 3 N–H and O–H groups in total. The van der Waals surface area contributed by atoms with E-state index in [1.807, 2.05) is 0 Å². The minimum absolute atomic E-state index is 0.0478. The Morgan fingerprint density at radius 1 is 1.24 bits per heavy atom. The molecule has 29 heavy (non-hydrogen) atoms. The highest BCUT2D eigenvalue weighted by molar-refractivity contribution is 7.89. The van der Waals surface area contributed by atoms with Gasteiger partial charge in [0.1, 0.15) is 5.75 Å². The summed E-state index contributed by atoms with van der Waals surface area (Å²) in [5.41, 5.74) is 6.02. The van der Waals surface area contributed by atoms with Gasteiger partial charge in [-0.25, -0.2) is 13.1 Å². The molecule has 0 aliphatic carbocycles. The van der Waals surface area contributed by atoms with Crippen LogP contribution in [0.1, 0.15) is 37.8 Å². The largest absolute Gasteiger partial charge is 0.494 e. The maximum atomic E-state index is 12.9. The van der Waals surface area contributed by atoms with Crippen LogP contribution < -0.4 is 15.2 Å². The zero-order chi connectivity index (χ0) is 21.1. The highest BCUT2D eigenvalue weighted by atomic mass is 32.2. The summed E-state index contributed by atoms with van der Waals surface area (Å²) in [6, 6.07) is 8.81. The van der Waals surface area contributed by atoms with Gasteiger partial charge in [-0.2, -0.15) is 0 Å². The number of rotatable bonds is 12. The molecule has 1 unspecified atom stereocenters. The molecule has 9 heteroatoms. The van der Waals surface area contributed by atoms with Crippen LogP contribution in [0.4, 0.5) is 0 Å². The van der Waals surface area contributed by atoms with Crippen LogP contribution in [0.15, 0.2) is 53.7 Å². The van der Waals surface area contributed by atoms with Crippen LogP contribution in [-0.4, -0.2) is 39.1 Å². The molecule has 0 radical (unpaired) electrons. The highest BCUT2D eigenvalue weighted by Gasteiger charge is 2.25. The Labute approximate surface area is 171 Å². The van der Waals surface area contributed by atoms with Gasteiger partial charge in [0, 0.05) is 18.5 Å². The molecule has 1 aromatic carbocycles. The van der Waals surface area contributed by atoms with Crippen molar-refractivity contribution >= 4 is 16.0 Å². The SMILES string of the molecule is CCOC(=O)CC(NS(=O)(=O)c1cccc(OCCCCN)c1)c1cccnc1. The first kappa shape index (κ1) is 22.8. The second-order valence-corrected chi connectivity index (χ2v) is 8.00. The molecule has 0 aliphatic heterocycles. The summed E-state index contributed by atoms with van der Waals surface area (Å²) in [5, 5.41) is 0. The predicted octanol–water partition coefficient (Wildman–Crippen LogP) is 2.17. The van der Waals surface area contributed by atoms with E-state index in [-0.39, 0.29) is 17.9 Å². The Hall–Kier alpha value is -2.49. The third kappa shape index (κ3) is 7.45. The molecule has 2 rings (SSSR count). The smallest absolute Gasteiger partial charge is 0.307 e. The lowest BCUT2D eigenvalue weighted by molar-refractivity contribution is -0.143. The van der Waals surface area contributed by atoms with Gasteiger partial charge < -0.3 is 15.2 Å². The van der Waals surface area contributed by atoms with Crippen molar-refractivity contribution in [2.45, 2.75) is 37.1 Å². The summed E-state index contributed by atoms with van der Waals surface area (Å²) in [6.45, 7) is 2.95. The van der Waals surface area contributed by atoms with E-state index >= 15 is 0 Å². The van der Waals surface area contributed by atoms with E-state index in [1.165, 1.54) is 18.3 Å². The van der Waals surface area contributed by atoms with Crippen LogP contribution in [0.2, 0.25) is 0 Å². The molecule has 0 saturated heterocycles. The van der Waals surface area contributed by atoms with Gasteiger partial charge >= 0.3 is 5.97 Å². The van der Waals surface area contributed by atoms with Gasteiger partial charge in [-0.3, -0.25) is 9.78 Å². The van der Waals surface area contributed by atoms with Crippen molar-refractivity contribution < 1.29 is 22.7 Å². The molecule has 0 saturated carbocycles. The lowest BCUT2D eigenvalue weighted by Gasteiger charge is -2.18. The zero-order valence-corrected chi connectivity index (χ0v) is 17.2. The predicted molar refractivity (Wildman–Crippen MR) is 109 cm³/mol. The Balaban J connectivity index is 2.17. The van der Waals surface area contributed by atoms with Crippen molar-refractivity contribution in [3.8, 4) is 5.75 Å². The first-order valence-electron chi connectivity index (χ1n) is 9.47. The van der Waals surface area contributed by atoms with Gasteiger partial charge in [-0.05, 0) is 50.1 Å². The Bertz CT molecular complexity index is 875. The summed E-state index contributed by atoms with van der Waals surface area (Å²) in [6.07, 6.45) is 4.57. The molecule has 0 aliphatic rings. The normalized spacial score (nSPS) is 12.3. The number of sulfonamides is 1. The third-order valence-electron chi connectivity index (χ3n) is 4.04. The molecule has 1 aromatic heterocycles. The average Bonchev–Trinajstić information content (AvgIpc) is 2.72. The molecule has 1 atom stereocenters. The van der Waals surface area contributed by atoms with E-state index in [2.05, 4.69) is 9.71 Å². The maximum absolute atomic E-state index is 12.9. The topological polar surface area (TPSA) is 121 Å². The summed E-state index contributed by atoms with van der Waals surface area (Å²) in [4.78, 5) is 16.0. The van der Waals surface area contributed by atoms with Crippen LogP contribution in [0.5, 0.6) is 5.75 Å². The Kier molecular flexibility index (Phi) is 9.04. The highest BCUT2D eigenvalue weighted by Crippen LogP contribution is 2.23. The number of nitrogens with two attached hydrogens (primary N) is 1. The van der Waals surface area contributed by atoms with Crippen LogP contribution in [0.25, 0.3) is 0 Å². The molecule has 1 heterocycles. The van der Waals surface area contributed by atoms with Crippen LogP contribution >= 0.6 is 0 Å². The number of benzene rings is 1. The lowest BCUT2D eigenvalue weighted by Crippen LogP contribution is -2.31. The number of hydrogen-bond donors (Lipinski definition) is 2. The average molecular weight is 422 g/mol. The van der Waals surface area contributed by atoms with E-state index in [0.29, 0.717) is 24.5 Å². The number of esters is 1. The summed E-state index contributed by atoms with van der Waals surface area (Å²) >= 11 is 0. The van der Waals surface area contributed by atoms with E-state index in [4.69, 9.17) is 15.2 Å². The van der Waals surface area contributed by atoms with Crippen LogP contribution in [-0.2, 0) is 19.6 Å². The number of nitrogens with one attached hydrogen (secondary N) is 1. The Morgan fingerprint density at radius 2 is 2.07 bits per heavy atom. The number of unbranched alkanes of at least 4 members (excludes halogenated alkanes) is 1.